The van der Waals surface area contributed by atoms with Gasteiger partial charge in [-0.25, -0.2) is 8.42 Å². The Labute approximate surface area is 104 Å². The number of nitrogens with zero attached hydrogens (tertiary/aromatic N) is 1. The fraction of sp³-hybridized carbons (Fsp3) is 0.615. The third-order valence-electron chi connectivity index (χ3n) is 2.77. The van der Waals surface area contributed by atoms with Crippen molar-refractivity contribution < 1.29 is 8.42 Å². The van der Waals surface area contributed by atoms with Gasteiger partial charge in [-0.15, -0.1) is 0 Å². The van der Waals surface area contributed by atoms with Crippen LogP contribution < -0.4 is 0 Å². The van der Waals surface area contributed by atoms with Crippen molar-refractivity contribution in [3.63, 3.8) is 0 Å². The number of aromatic nitrogens is 1. The molecule has 0 atom stereocenters. The van der Waals surface area contributed by atoms with Crippen LogP contribution in [-0.4, -0.2) is 19.7 Å². The minimum Gasteiger partial charge on any atom is -0.263 e. The molecule has 1 rings (SSSR count). The van der Waals surface area contributed by atoms with Gasteiger partial charge < -0.3 is 0 Å². The highest BCUT2D eigenvalue weighted by Gasteiger charge is 2.07. The van der Waals surface area contributed by atoms with E-state index in [1.165, 1.54) is 38.1 Å². The van der Waals surface area contributed by atoms with Crippen molar-refractivity contribution >= 4 is 9.84 Å². The Morgan fingerprint density at radius 2 is 1.82 bits per heavy atom. The molecule has 0 aliphatic carbocycles. The molecule has 0 saturated carbocycles. The van der Waals surface area contributed by atoms with Gasteiger partial charge in [-0.1, -0.05) is 32.6 Å². The Kier molecular flexibility index (Phi) is 5.62. The first-order chi connectivity index (χ1) is 8.04. The zero-order chi connectivity index (χ0) is 12.7. The third-order valence-corrected chi connectivity index (χ3v) is 3.85. The van der Waals surface area contributed by atoms with Gasteiger partial charge in [0.25, 0.3) is 0 Å². The van der Waals surface area contributed by atoms with Crippen molar-refractivity contribution in [3.05, 3.63) is 24.0 Å². The molecule has 0 amide bonds. The van der Waals surface area contributed by atoms with Crippen LogP contribution in [0, 0.1) is 0 Å². The summed E-state index contributed by atoms with van der Waals surface area (Å²) in [6, 6.07) is 1.74. The van der Waals surface area contributed by atoms with E-state index in [4.69, 9.17) is 0 Å². The molecule has 0 fully saturated rings. The van der Waals surface area contributed by atoms with Crippen LogP contribution in [0.15, 0.2) is 23.4 Å². The molecule has 0 unspecified atom stereocenters. The summed E-state index contributed by atoms with van der Waals surface area (Å²) >= 11 is 0. The van der Waals surface area contributed by atoms with E-state index < -0.39 is 9.84 Å². The SMILES string of the molecule is CCCCCCCc1cncc(S(C)(=O)=O)c1. The number of rotatable bonds is 7. The lowest BCUT2D eigenvalue weighted by Gasteiger charge is -2.03. The van der Waals surface area contributed by atoms with E-state index in [1.807, 2.05) is 0 Å². The van der Waals surface area contributed by atoms with Gasteiger partial charge in [-0.3, -0.25) is 4.98 Å². The van der Waals surface area contributed by atoms with Crippen molar-refractivity contribution in [2.24, 2.45) is 0 Å². The highest BCUT2D eigenvalue weighted by Crippen LogP contribution is 2.12. The average molecular weight is 255 g/mol. The number of aryl methyl sites for hydroxylation is 1. The van der Waals surface area contributed by atoms with Crippen LogP contribution in [0.2, 0.25) is 0 Å². The Bertz CT molecular complexity index is 440. The molecule has 96 valence electrons. The molecule has 0 aliphatic rings. The predicted molar refractivity (Wildman–Crippen MR) is 69.8 cm³/mol. The molecule has 0 spiro atoms. The highest BCUT2D eigenvalue weighted by atomic mass is 32.2. The van der Waals surface area contributed by atoms with Crippen LogP contribution in [-0.2, 0) is 16.3 Å². The molecular weight excluding hydrogens is 234 g/mol. The van der Waals surface area contributed by atoms with Crippen molar-refractivity contribution in [1.29, 1.82) is 0 Å². The lowest BCUT2D eigenvalue weighted by molar-refractivity contribution is 0.601. The summed E-state index contributed by atoms with van der Waals surface area (Å²) in [4.78, 5) is 4.31. The Morgan fingerprint density at radius 3 is 2.47 bits per heavy atom. The van der Waals surface area contributed by atoms with Crippen LogP contribution in [0.5, 0.6) is 0 Å². The van der Waals surface area contributed by atoms with E-state index in [0.29, 0.717) is 4.90 Å². The first kappa shape index (κ1) is 14.2. The minimum atomic E-state index is -3.13. The summed E-state index contributed by atoms with van der Waals surface area (Å²) in [6.07, 6.45) is 11.4. The van der Waals surface area contributed by atoms with E-state index >= 15 is 0 Å². The van der Waals surface area contributed by atoms with Crippen LogP contribution in [0.25, 0.3) is 0 Å². The Hall–Kier alpha value is -0.900. The average Bonchev–Trinajstić information content (AvgIpc) is 2.28. The van der Waals surface area contributed by atoms with Crippen LogP contribution in [0.1, 0.15) is 44.6 Å². The van der Waals surface area contributed by atoms with Crippen molar-refractivity contribution in [3.8, 4) is 0 Å². The third kappa shape index (κ3) is 5.31. The van der Waals surface area contributed by atoms with E-state index in [2.05, 4.69) is 11.9 Å². The van der Waals surface area contributed by atoms with Gasteiger partial charge in [0, 0.05) is 18.6 Å². The second-order valence-corrected chi connectivity index (χ2v) is 6.48. The maximum Gasteiger partial charge on any atom is 0.177 e. The topological polar surface area (TPSA) is 47.0 Å². The van der Waals surface area contributed by atoms with E-state index in [0.717, 1.165) is 18.4 Å². The molecular formula is C13H21NO2S. The summed E-state index contributed by atoms with van der Waals surface area (Å²) < 4.78 is 22.7. The molecule has 0 radical (unpaired) electrons. The van der Waals surface area contributed by atoms with Gasteiger partial charge in [0.2, 0.25) is 0 Å². The van der Waals surface area contributed by atoms with Crippen LogP contribution in [0.4, 0.5) is 0 Å². The first-order valence-corrected chi connectivity index (χ1v) is 8.07. The maximum atomic E-state index is 11.4. The molecule has 0 bridgehead atoms. The smallest absolute Gasteiger partial charge is 0.177 e. The molecule has 1 aromatic heterocycles. The first-order valence-electron chi connectivity index (χ1n) is 6.18. The minimum absolute atomic E-state index is 0.323. The van der Waals surface area contributed by atoms with Crippen LogP contribution >= 0.6 is 0 Å². The van der Waals surface area contributed by atoms with Gasteiger partial charge >= 0.3 is 0 Å². The molecule has 3 nitrogen and oxygen atoms in total. The normalized spacial score (nSPS) is 11.6. The van der Waals surface area contributed by atoms with Crippen molar-refractivity contribution in [2.75, 3.05) is 6.26 Å². The van der Waals surface area contributed by atoms with Gasteiger partial charge in [-0.2, -0.15) is 0 Å². The maximum absolute atomic E-state index is 11.4. The summed E-state index contributed by atoms with van der Waals surface area (Å²) in [7, 11) is -3.13. The van der Waals surface area contributed by atoms with Crippen molar-refractivity contribution in [2.45, 2.75) is 50.3 Å². The van der Waals surface area contributed by atoms with Crippen molar-refractivity contribution in [1.82, 2.24) is 4.98 Å². The fourth-order valence-corrected chi connectivity index (χ4v) is 2.35. The molecule has 17 heavy (non-hydrogen) atoms. The molecule has 1 heterocycles. The lowest BCUT2D eigenvalue weighted by atomic mass is 10.1. The van der Waals surface area contributed by atoms with E-state index in [-0.39, 0.29) is 0 Å². The van der Waals surface area contributed by atoms with Gasteiger partial charge in [0.1, 0.15) is 0 Å². The molecule has 0 aliphatic heterocycles. The predicted octanol–water partition coefficient (Wildman–Crippen LogP) is 3.00. The lowest BCUT2D eigenvalue weighted by Crippen LogP contribution is -1.99. The number of hydrogen-bond donors (Lipinski definition) is 0. The molecule has 0 aromatic carbocycles. The number of pyridine rings is 1. The molecule has 0 saturated heterocycles. The number of unbranched alkanes of at least 4 members (excludes halogenated alkanes) is 4. The number of sulfone groups is 1. The monoisotopic (exact) mass is 255 g/mol. The standard InChI is InChI=1S/C13H21NO2S/c1-3-4-5-6-7-8-12-9-13(11-14-10-12)17(2,15)16/h9-11H,3-8H2,1-2H3. The second kappa shape index (κ2) is 6.74. The second-order valence-electron chi connectivity index (χ2n) is 4.47. The van der Waals surface area contributed by atoms with E-state index in [1.54, 1.807) is 12.3 Å². The quantitative estimate of drug-likeness (QED) is 0.704. The summed E-state index contributed by atoms with van der Waals surface area (Å²) in [5.74, 6) is 0. The Morgan fingerprint density at radius 1 is 1.12 bits per heavy atom. The van der Waals surface area contributed by atoms with Gasteiger partial charge in [0.05, 0.1) is 4.90 Å². The number of hydrogen-bond acceptors (Lipinski definition) is 3. The highest BCUT2D eigenvalue weighted by molar-refractivity contribution is 7.90. The van der Waals surface area contributed by atoms with Gasteiger partial charge in [-0.05, 0) is 24.5 Å². The fourth-order valence-electron chi connectivity index (χ4n) is 1.74. The summed E-state index contributed by atoms with van der Waals surface area (Å²) in [5, 5.41) is 0. The summed E-state index contributed by atoms with van der Waals surface area (Å²) in [5.41, 5.74) is 1.02. The molecule has 0 N–H and O–H groups in total. The van der Waals surface area contributed by atoms with Crippen LogP contribution in [0.3, 0.4) is 0 Å². The largest absolute Gasteiger partial charge is 0.263 e. The zero-order valence-corrected chi connectivity index (χ0v) is 11.5. The summed E-state index contributed by atoms with van der Waals surface area (Å²) in [6.45, 7) is 2.19. The molecule has 4 heteroatoms. The van der Waals surface area contributed by atoms with Gasteiger partial charge in [0.15, 0.2) is 9.84 Å². The van der Waals surface area contributed by atoms with E-state index in [9.17, 15) is 8.42 Å². The zero-order valence-electron chi connectivity index (χ0n) is 10.6. The molecule has 1 aromatic rings. The Balaban J connectivity index is 2.49.